The number of carboxylic acid groups (broad SMARTS) is 1. The van der Waals surface area contributed by atoms with Gasteiger partial charge in [-0.3, -0.25) is 14.4 Å². The highest BCUT2D eigenvalue weighted by Crippen LogP contribution is 2.22. The number of hydrogen-bond donors (Lipinski definition) is 3. The number of benzene rings is 2. The number of hydrogen-bond acceptors (Lipinski definition) is 4. The van der Waals surface area contributed by atoms with E-state index in [0.29, 0.717) is 16.9 Å². The van der Waals surface area contributed by atoms with E-state index >= 15 is 0 Å². The second kappa shape index (κ2) is 9.78. The third kappa shape index (κ3) is 6.45. The molecule has 0 saturated heterocycles. The molecular formula is C20H22N2O4S. The Balaban J connectivity index is 2.04. The van der Waals surface area contributed by atoms with Gasteiger partial charge in [0, 0.05) is 11.4 Å². The molecule has 142 valence electrons. The molecule has 0 heterocycles. The van der Waals surface area contributed by atoms with Crippen molar-refractivity contribution in [1.82, 2.24) is 5.32 Å². The van der Waals surface area contributed by atoms with E-state index in [0.717, 1.165) is 11.1 Å². The van der Waals surface area contributed by atoms with Crippen molar-refractivity contribution in [2.75, 3.05) is 12.3 Å². The van der Waals surface area contributed by atoms with Gasteiger partial charge in [0.2, 0.25) is 5.91 Å². The fourth-order valence-corrected chi connectivity index (χ4v) is 3.40. The van der Waals surface area contributed by atoms with Crippen LogP contribution in [0.2, 0.25) is 0 Å². The fraction of sp³-hybridized carbons (Fsp3) is 0.250. The quantitative estimate of drug-likeness (QED) is 0.573. The van der Waals surface area contributed by atoms with Crippen LogP contribution >= 0.6 is 11.8 Å². The lowest BCUT2D eigenvalue weighted by Gasteiger charge is -2.15. The number of aliphatic carboxylic acids is 1. The Kier molecular flexibility index (Phi) is 7.43. The van der Waals surface area contributed by atoms with Crippen LogP contribution in [0.3, 0.4) is 0 Å². The maximum absolute atomic E-state index is 12.5. The largest absolute Gasteiger partial charge is 0.481 e. The number of primary amides is 1. The Morgan fingerprint density at radius 2 is 1.89 bits per heavy atom. The molecule has 0 saturated carbocycles. The summed E-state index contributed by atoms with van der Waals surface area (Å²) >= 11 is 1.18. The zero-order chi connectivity index (χ0) is 19.8. The number of amides is 2. The molecule has 0 radical (unpaired) electrons. The third-order valence-electron chi connectivity index (χ3n) is 3.92. The van der Waals surface area contributed by atoms with E-state index in [9.17, 15) is 19.5 Å². The van der Waals surface area contributed by atoms with E-state index in [1.165, 1.54) is 11.8 Å². The second-order valence-electron chi connectivity index (χ2n) is 6.19. The highest BCUT2D eigenvalue weighted by molar-refractivity contribution is 8.00. The summed E-state index contributed by atoms with van der Waals surface area (Å²) in [5.41, 5.74) is 7.52. The van der Waals surface area contributed by atoms with Crippen molar-refractivity contribution in [2.45, 2.75) is 18.2 Å². The van der Waals surface area contributed by atoms with Crippen LogP contribution in [0.1, 0.15) is 21.5 Å². The average molecular weight is 386 g/mol. The monoisotopic (exact) mass is 386 g/mol. The predicted molar refractivity (Wildman–Crippen MR) is 105 cm³/mol. The molecule has 27 heavy (non-hydrogen) atoms. The van der Waals surface area contributed by atoms with Gasteiger partial charge in [0.1, 0.15) is 0 Å². The molecule has 0 aliphatic heterocycles. The van der Waals surface area contributed by atoms with Gasteiger partial charge >= 0.3 is 5.97 Å². The van der Waals surface area contributed by atoms with Gasteiger partial charge in [-0.1, -0.05) is 42.0 Å². The molecule has 2 aromatic carbocycles. The highest BCUT2D eigenvalue weighted by Gasteiger charge is 2.20. The molecule has 7 heteroatoms. The number of nitrogens with two attached hydrogens (primary N) is 1. The van der Waals surface area contributed by atoms with Gasteiger partial charge in [0.25, 0.3) is 5.91 Å². The summed E-state index contributed by atoms with van der Waals surface area (Å²) in [5, 5.41) is 12.2. The molecule has 1 atom stereocenters. The van der Waals surface area contributed by atoms with Crippen LogP contribution in [0, 0.1) is 12.8 Å². The van der Waals surface area contributed by atoms with Crippen LogP contribution in [0.4, 0.5) is 0 Å². The lowest BCUT2D eigenvalue weighted by molar-refractivity contribution is -0.141. The SMILES string of the molecule is Cc1cccc(CC(CNC(=O)c2ccccc2SCC(N)=O)C(=O)O)c1. The number of nitrogens with one attached hydrogen (secondary N) is 1. The van der Waals surface area contributed by atoms with Crippen molar-refractivity contribution in [3.63, 3.8) is 0 Å². The molecule has 0 fully saturated rings. The van der Waals surface area contributed by atoms with E-state index in [4.69, 9.17) is 5.73 Å². The standard InChI is InChI=1S/C20H22N2O4S/c1-13-5-4-6-14(9-13)10-15(20(25)26)11-22-19(24)16-7-2-3-8-17(16)27-12-18(21)23/h2-9,15H,10-12H2,1H3,(H2,21,23)(H,22,24)(H,25,26). The van der Waals surface area contributed by atoms with E-state index in [-0.39, 0.29) is 18.2 Å². The highest BCUT2D eigenvalue weighted by atomic mass is 32.2. The normalized spacial score (nSPS) is 11.6. The average Bonchev–Trinajstić information content (AvgIpc) is 2.63. The molecule has 0 aliphatic carbocycles. The van der Waals surface area contributed by atoms with Crippen molar-refractivity contribution in [3.8, 4) is 0 Å². The Morgan fingerprint density at radius 1 is 1.15 bits per heavy atom. The number of carboxylic acids is 1. The van der Waals surface area contributed by atoms with Crippen LogP contribution in [-0.2, 0) is 16.0 Å². The van der Waals surface area contributed by atoms with E-state index in [2.05, 4.69) is 5.32 Å². The number of thioether (sulfide) groups is 1. The van der Waals surface area contributed by atoms with Crippen molar-refractivity contribution < 1.29 is 19.5 Å². The van der Waals surface area contributed by atoms with Gasteiger partial charge < -0.3 is 16.2 Å². The summed E-state index contributed by atoms with van der Waals surface area (Å²) in [6, 6.07) is 14.5. The zero-order valence-corrected chi connectivity index (χ0v) is 15.8. The number of carbonyl (C=O) groups excluding carboxylic acids is 2. The molecule has 0 spiro atoms. The van der Waals surface area contributed by atoms with Crippen molar-refractivity contribution in [1.29, 1.82) is 0 Å². The minimum Gasteiger partial charge on any atom is -0.481 e. The van der Waals surface area contributed by atoms with Gasteiger partial charge in [0.15, 0.2) is 0 Å². The summed E-state index contributed by atoms with van der Waals surface area (Å²) in [6.45, 7) is 1.96. The van der Waals surface area contributed by atoms with Crippen molar-refractivity contribution in [3.05, 3.63) is 65.2 Å². The van der Waals surface area contributed by atoms with Crippen LogP contribution in [0.5, 0.6) is 0 Å². The lowest BCUT2D eigenvalue weighted by atomic mass is 9.98. The summed E-state index contributed by atoms with van der Waals surface area (Å²) < 4.78 is 0. The molecule has 4 N–H and O–H groups in total. The molecule has 2 aromatic rings. The van der Waals surface area contributed by atoms with Crippen LogP contribution in [0.15, 0.2) is 53.4 Å². The van der Waals surface area contributed by atoms with Crippen LogP contribution in [0.25, 0.3) is 0 Å². The van der Waals surface area contributed by atoms with E-state index in [1.54, 1.807) is 24.3 Å². The molecule has 6 nitrogen and oxygen atoms in total. The summed E-state index contributed by atoms with van der Waals surface area (Å²) in [4.78, 5) is 35.7. The minimum absolute atomic E-state index is 0.0108. The first-order valence-corrected chi connectivity index (χ1v) is 9.42. The number of carbonyl (C=O) groups is 3. The van der Waals surface area contributed by atoms with Crippen molar-refractivity contribution in [2.24, 2.45) is 11.7 Å². The zero-order valence-electron chi connectivity index (χ0n) is 15.0. The second-order valence-corrected chi connectivity index (χ2v) is 7.21. The Bertz CT molecular complexity index is 838. The molecule has 2 amide bonds. The lowest BCUT2D eigenvalue weighted by Crippen LogP contribution is -2.34. The summed E-state index contributed by atoms with van der Waals surface area (Å²) in [7, 11) is 0. The van der Waals surface area contributed by atoms with Gasteiger partial charge in [-0.05, 0) is 31.0 Å². The molecule has 0 aliphatic rings. The van der Waals surface area contributed by atoms with Gasteiger partial charge in [-0.2, -0.15) is 0 Å². The first-order chi connectivity index (χ1) is 12.9. The fourth-order valence-electron chi connectivity index (χ4n) is 2.61. The molecule has 0 aromatic heterocycles. The molecule has 0 bridgehead atoms. The maximum atomic E-state index is 12.5. The number of aryl methyl sites for hydroxylation is 1. The minimum atomic E-state index is -0.965. The van der Waals surface area contributed by atoms with Crippen molar-refractivity contribution >= 4 is 29.5 Å². The van der Waals surface area contributed by atoms with E-state index < -0.39 is 17.8 Å². The van der Waals surface area contributed by atoms with Gasteiger partial charge in [-0.25, -0.2) is 0 Å². The smallest absolute Gasteiger partial charge is 0.308 e. The molecule has 2 rings (SSSR count). The molecular weight excluding hydrogens is 364 g/mol. The Labute approximate surface area is 162 Å². The van der Waals surface area contributed by atoms with Gasteiger partial charge in [0.05, 0.1) is 17.2 Å². The van der Waals surface area contributed by atoms with Gasteiger partial charge in [-0.15, -0.1) is 11.8 Å². The Hall–Kier alpha value is -2.80. The third-order valence-corrected chi connectivity index (χ3v) is 5.02. The van der Waals surface area contributed by atoms with Crippen LogP contribution < -0.4 is 11.1 Å². The predicted octanol–water partition coefficient (Wildman–Crippen LogP) is 2.25. The molecule has 1 unspecified atom stereocenters. The van der Waals surface area contributed by atoms with Crippen LogP contribution in [-0.4, -0.2) is 35.2 Å². The number of rotatable bonds is 9. The first-order valence-electron chi connectivity index (χ1n) is 8.43. The maximum Gasteiger partial charge on any atom is 0.308 e. The summed E-state index contributed by atoms with van der Waals surface area (Å²) in [6.07, 6.45) is 0.329. The summed E-state index contributed by atoms with van der Waals surface area (Å²) in [5.74, 6) is -2.48. The Morgan fingerprint density at radius 3 is 2.56 bits per heavy atom. The topological polar surface area (TPSA) is 109 Å². The first kappa shape index (κ1) is 20.5. The van der Waals surface area contributed by atoms with E-state index in [1.807, 2.05) is 31.2 Å².